The maximum atomic E-state index is 11.7. The topological polar surface area (TPSA) is 105 Å². The molecule has 2 rings (SSSR count). The number of anilines is 1. The van der Waals surface area contributed by atoms with Gasteiger partial charge in [-0.15, -0.1) is 0 Å². The fourth-order valence-corrected chi connectivity index (χ4v) is 2.39. The average molecular weight is 322 g/mol. The summed E-state index contributed by atoms with van der Waals surface area (Å²) in [5, 5.41) is 11.7. The number of carbonyl (C=O) groups is 2. The third kappa shape index (κ3) is 5.08. The molecular formula is C15H22N4O4. The predicted octanol–water partition coefficient (Wildman–Crippen LogP) is 1.53. The number of nitrogens with zero attached hydrogens (tertiary/aromatic N) is 3. The van der Waals surface area contributed by atoms with Crippen molar-refractivity contribution in [3.63, 3.8) is 0 Å². The summed E-state index contributed by atoms with van der Waals surface area (Å²) in [6.07, 6.45) is 1.72. The van der Waals surface area contributed by atoms with Crippen LogP contribution in [0.15, 0.2) is 12.4 Å². The first kappa shape index (κ1) is 17.0. The zero-order valence-corrected chi connectivity index (χ0v) is 13.6. The molecule has 1 aliphatic heterocycles. The van der Waals surface area contributed by atoms with Crippen LogP contribution in [0.1, 0.15) is 37.7 Å². The molecule has 2 heterocycles. The number of alkyl carbamates (subject to hydrolysis) is 1. The minimum absolute atomic E-state index is 0.0228. The average Bonchev–Trinajstić information content (AvgIpc) is 2.92. The molecule has 0 aliphatic carbocycles. The molecule has 0 saturated carbocycles. The van der Waals surface area contributed by atoms with E-state index in [9.17, 15) is 9.59 Å². The van der Waals surface area contributed by atoms with E-state index in [2.05, 4.69) is 15.3 Å². The van der Waals surface area contributed by atoms with E-state index in [0.29, 0.717) is 18.9 Å². The van der Waals surface area contributed by atoms with Gasteiger partial charge < -0.3 is 20.1 Å². The zero-order chi connectivity index (χ0) is 17.0. The Morgan fingerprint density at radius 1 is 1.43 bits per heavy atom. The third-order valence-electron chi connectivity index (χ3n) is 3.42. The lowest BCUT2D eigenvalue weighted by atomic mass is 10.1. The molecule has 0 unspecified atom stereocenters. The van der Waals surface area contributed by atoms with Crippen LogP contribution in [-0.4, -0.2) is 52.4 Å². The molecule has 1 aromatic heterocycles. The van der Waals surface area contributed by atoms with Crippen molar-refractivity contribution >= 4 is 17.9 Å². The monoisotopic (exact) mass is 322 g/mol. The van der Waals surface area contributed by atoms with Gasteiger partial charge in [-0.05, 0) is 33.1 Å². The first-order chi connectivity index (χ1) is 10.7. The fraction of sp³-hybridized carbons (Fsp3) is 0.600. The Bertz CT molecular complexity index is 585. The summed E-state index contributed by atoms with van der Waals surface area (Å²) < 4.78 is 5.20. The highest BCUT2D eigenvalue weighted by Crippen LogP contribution is 2.22. The van der Waals surface area contributed by atoms with E-state index in [1.54, 1.807) is 0 Å². The maximum Gasteiger partial charge on any atom is 0.407 e. The number of aromatic carboxylic acids is 1. The summed E-state index contributed by atoms with van der Waals surface area (Å²) in [4.78, 5) is 32.4. The number of carboxylic acids is 1. The van der Waals surface area contributed by atoms with Gasteiger partial charge in [0, 0.05) is 25.7 Å². The second-order valence-corrected chi connectivity index (χ2v) is 6.55. The largest absolute Gasteiger partial charge is 0.477 e. The van der Waals surface area contributed by atoms with Crippen LogP contribution < -0.4 is 10.2 Å². The van der Waals surface area contributed by atoms with E-state index in [1.807, 2.05) is 25.7 Å². The number of ether oxygens (including phenoxy) is 1. The number of carboxylic acid groups (broad SMARTS) is 1. The van der Waals surface area contributed by atoms with Crippen LogP contribution in [0, 0.1) is 5.92 Å². The molecule has 2 N–H and O–H groups in total. The standard InChI is InChI=1S/C15H22N4O4/c1-15(2,3)23-14(22)16-7-10-4-5-19(8-10)12-6-11(13(20)21)17-9-18-12/h6,9-10H,4-5,7-8H2,1-3H3,(H,16,22)(H,20,21)/t10-/m0/s1. The van der Waals surface area contributed by atoms with Crippen molar-refractivity contribution in [3.05, 3.63) is 18.1 Å². The lowest BCUT2D eigenvalue weighted by molar-refractivity contribution is 0.0520. The van der Waals surface area contributed by atoms with E-state index in [0.717, 1.165) is 13.0 Å². The predicted molar refractivity (Wildman–Crippen MR) is 83.5 cm³/mol. The minimum atomic E-state index is -1.07. The van der Waals surface area contributed by atoms with Crippen LogP contribution >= 0.6 is 0 Å². The molecule has 1 saturated heterocycles. The van der Waals surface area contributed by atoms with Crippen LogP contribution in [0.4, 0.5) is 10.6 Å². The SMILES string of the molecule is CC(C)(C)OC(=O)NC[C@@H]1CCN(c2cc(C(=O)O)ncn2)C1. The fourth-order valence-electron chi connectivity index (χ4n) is 2.39. The van der Waals surface area contributed by atoms with Crippen LogP contribution in [0.5, 0.6) is 0 Å². The van der Waals surface area contributed by atoms with Crippen molar-refractivity contribution in [1.82, 2.24) is 15.3 Å². The van der Waals surface area contributed by atoms with Crippen molar-refractivity contribution in [2.24, 2.45) is 5.92 Å². The number of hydrogen-bond donors (Lipinski definition) is 2. The lowest BCUT2D eigenvalue weighted by Gasteiger charge is -2.21. The van der Waals surface area contributed by atoms with Gasteiger partial charge in [-0.2, -0.15) is 0 Å². The maximum absolute atomic E-state index is 11.7. The molecule has 23 heavy (non-hydrogen) atoms. The normalized spacial score (nSPS) is 17.9. The molecule has 8 nitrogen and oxygen atoms in total. The third-order valence-corrected chi connectivity index (χ3v) is 3.42. The van der Waals surface area contributed by atoms with Crippen LogP contribution in [0.25, 0.3) is 0 Å². The molecule has 1 atom stereocenters. The Kier molecular flexibility index (Phi) is 5.02. The molecule has 1 amide bonds. The molecule has 0 radical (unpaired) electrons. The molecule has 0 aromatic carbocycles. The Morgan fingerprint density at radius 3 is 2.83 bits per heavy atom. The van der Waals surface area contributed by atoms with E-state index in [4.69, 9.17) is 9.84 Å². The second kappa shape index (κ2) is 6.80. The van der Waals surface area contributed by atoms with Gasteiger partial charge >= 0.3 is 12.1 Å². The quantitative estimate of drug-likeness (QED) is 0.866. The summed E-state index contributed by atoms with van der Waals surface area (Å²) in [5.41, 5.74) is -0.537. The van der Waals surface area contributed by atoms with Gasteiger partial charge in [-0.3, -0.25) is 0 Å². The van der Waals surface area contributed by atoms with E-state index in [-0.39, 0.29) is 11.6 Å². The number of carbonyl (C=O) groups excluding carboxylic acids is 1. The number of nitrogens with one attached hydrogen (secondary N) is 1. The minimum Gasteiger partial charge on any atom is -0.477 e. The Balaban J connectivity index is 1.85. The number of amides is 1. The van der Waals surface area contributed by atoms with Crippen molar-refractivity contribution in [3.8, 4) is 0 Å². The molecule has 126 valence electrons. The van der Waals surface area contributed by atoms with Crippen LogP contribution in [0.3, 0.4) is 0 Å². The lowest BCUT2D eigenvalue weighted by Crippen LogP contribution is -2.36. The van der Waals surface area contributed by atoms with Gasteiger partial charge in [0.1, 0.15) is 17.7 Å². The van der Waals surface area contributed by atoms with E-state index < -0.39 is 17.7 Å². The summed E-state index contributed by atoms with van der Waals surface area (Å²) >= 11 is 0. The molecule has 1 aromatic rings. The molecular weight excluding hydrogens is 300 g/mol. The molecule has 1 fully saturated rings. The Hall–Kier alpha value is -2.38. The van der Waals surface area contributed by atoms with E-state index >= 15 is 0 Å². The van der Waals surface area contributed by atoms with Gasteiger partial charge in [-0.25, -0.2) is 19.6 Å². The second-order valence-electron chi connectivity index (χ2n) is 6.55. The van der Waals surface area contributed by atoms with Crippen molar-refractivity contribution in [1.29, 1.82) is 0 Å². The van der Waals surface area contributed by atoms with Crippen LogP contribution in [0.2, 0.25) is 0 Å². The Morgan fingerprint density at radius 2 is 2.17 bits per heavy atom. The van der Waals surface area contributed by atoms with Gasteiger partial charge in [0.15, 0.2) is 5.69 Å². The first-order valence-electron chi connectivity index (χ1n) is 7.52. The summed E-state index contributed by atoms with van der Waals surface area (Å²) in [6.45, 7) is 7.43. The summed E-state index contributed by atoms with van der Waals surface area (Å²) in [7, 11) is 0. The van der Waals surface area contributed by atoms with Gasteiger partial charge in [0.25, 0.3) is 0 Å². The molecule has 0 spiro atoms. The smallest absolute Gasteiger partial charge is 0.407 e. The Labute approximate surface area is 134 Å². The highest BCUT2D eigenvalue weighted by molar-refractivity contribution is 5.86. The zero-order valence-electron chi connectivity index (χ0n) is 13.6. The number of rotatable bonds is 4. The van der Waals surface area contributed by atoms with Gasteiger partial charge in [0.2, 0.25) is 0 Å². The van der Waals surface area contributed by atoms with Gasteiger partial charge in [0.05, 0.1) is 0 Å². The number of hydrogen-bond acceptors (Lipinski definition) is 6. The first-order valence-corrected chi connectivity index (χ1v) is 7.52. The van der Waals surface area contributed by atoms with Crippen LogP contribution in [-0.2, 0) is 4.74 Å². The van der Waals surface area contributed by atoms with E-state index in [1.165, 1.54) is 12.4 Å². The van der Waals surface area contributed by atoms with Crippen molar-refractivity contribution in [2.45, 2.75) is 32.8 Å². The summed E-state index contributed by atoms with van der Waals surface area (Å²) in [5.74, 6) is -0.209. The number of aromatic nitrogens is 2. The van der Waals surface area contributed by atoms with Gasteiger partial charge in [-0.1, -0.05) is 0 Å². The highest BCUT2D eigenvalue weighted by Gasteiger charge is 2.25. The summed E-state index contributed by atoms with van der Waals surface area (Å²) in [6, 6.07) is 1.46. The van der Waals surface area contributed by atoms with Crippen molar-refractivity contribution in [2.75, 3.05) is 24.5 Å². The molecule has 8 heteroatoms. The van der Waals surface area contributed by atoms with Crippen molar-refractivity contribution < 1.29 is 19.4 Å². The molecule has 1 aliphatic rings. The highest BCUT2D eigenvalue weighted by atomic mass is 16.6. The molecule has 0 bridgehead atoms.